The average molecular weight is 411 g/mol. The number of anilines is 2. The Balaban J connectivity index is 1.64. The first kappa shape index (κ1) is 20.5. The fourth-order valence-electron chi connectivity index (χ4n) is 3.47. The predicted octanol–water partition coefficient (Wildman–Crippen LogP) is 5.42. The summed E-state index contributed by atoms with van der Waals surface area (Å²) in [6.45, 7) is 4.16. The minimum absolute atomic E-state index is 0.562. The zero-order valence-electron chi connectivity index (χ0n) is 18.1. The van der Waals surface area contributed by atoms with Crippen LogP contribution in [0.2, 0.25) is 0 Å². The molecule has 5 heteroatoms. The zero-order chi connectivity index (χ0) is 21.6. The van der Waals surface area contributed by atoms with E-state index in [4.69, 9.17) is 19.7 Å². The van der Waals surface area contributed by atoms with Gasteiger partial charge in [-0.25, -0.2) is 4.98 Å². The lowest BCUT2D eigenvalue weighted by atomic mass is 10.1. The minimum Gasteiger partial charge on any atom is -0.497 e. The van der Waals surface area contributed by atoms with Crippen molar-refractivity contribution in [2.75, 3.05) is 12.4 Å². The molecule has 3 aromatic carbocycles. The molecule has 0 bridgehead atoms. The number of aromatic nitrogens is 3. The van der Waals surface area contributed by atoms with Gasteiger partial charge in [0.05, 0.1) is 7.11 Å². The van der Waals surface area contributed by atoms with Gasteiger partial charge in [-0.2, -0.15) is 9.97 Å². The standard InChI is InChI=1S/C26H26N4O/c1-18-6-4-8-21(14-18)17-25-28-24(16-20-10-12-23(31-3)13-11-20)29-26(30-25)27-22-9-5-7-19(2)15-22/h4-15H,16-17H2,1-3H3,(H,27,28,29,30). The van der Waals surface area contributed by atoms with Gasteiger partial charge in [0.1, 0.15) is 17.4 Å². The molecule has 1 heterocycles. The molecule has 0 unspecified atom stereocenters. The fraction of sp³-hybridized carbons (Fsp3) is 0.192. The second-order valence-corrected chi connectivity index (χ2v) is 7.68. The minimum atomic E-state index is 0.562. The summed E-state index contributed by atoms with van der Waals surface area (Å²) in [6.07, 6.45) is 1.28. The van der Waals surface area contributed by atoms with Gasteiger partial charge in [0.2, 0.25) is 5.95 Å². The molecule has 1 aromatic heterocycles. The van der Waals surface area contributed by atoms with Gasteiger partial charge in [-0.05, 0) is 54.8 Å². The normalized spacial score (nSPS) is 10.7. The van der Waals surface area contributed by atoms with Gasteiger partial charge in [0.25, 0.3) is 0 Å². The molecule has 0 aliphatic rings. The van der Waals surface area contributed by atoms with E-state index >= 15 is 0 Å². The van der Waals surface area contributed by atoms with Crippen molar-refractivity contribution in [2.24, 2.45) is 0 Å². The molecule has 4 aromatic rings. The van der Waals surface area contributed by atoms with Gasteiger partial charge in [-0.15, -0.1) is 0 Å². The summed E-state index contributed by atoms with van der Waals surface area (Å²) in [7, 11) is 1.67. The van der Waals surface area contributed by atoms with Crippen molar-refractivity contribution >= 4 is 11.6 Å². The van der Waals surface area contributed by atoms with E-state index in [-0.39, 0.29) is 0 Å². The number of ether oxygens (including phenoxy) is 1. The second kappa shape index (κ2) is 9.39. The Morgan fingerprint density at radius 2 is 1.35 bits per heavy atom. The third kappa shape index (κ3) is 5.66. The Morgan fingerprint density at radius 3 is 2.00 bits per heavy atom. The number of benzene rings is 3. The summed E-state index contributed by atoms with van der Waals surface area (Å²) in [5, 5.41) is 3.34. The van der Waals surface area contributed by atoms with E-state index in [9.17, 15) is 0 Å². The number of aryl methyl sites for hydroxylation is 2. The highest BCUT2D eigenvalue weighted by atomic mass is 16.5. The molecule has 0 saturated carbocycles. The monoisotopic (exact) mass is 410 g/mol. The van der Waals surface area contributed by atoms with E-state index in [1.54, 1.807) is 7.11 Å². The molecule has 156 valence electrons. The molecule has 0 radical (unpaired) electrons. The molecule has 0 aliphatic heterocycles. The predicted molar refractivity (Wildman–Crippen MR) is 124 cm³/mol. The molecule has 0 atom stereocenters. The molecule has 1 N–H and O–H groups in total. The summed E-state index contributed by atoms with van der Waals surface area (Å²) in [5.41, 5.74) is 5.67. The van der Waals surface area contributed by atoms with Crippen LogP contribution in [0.3, 0.4) is 0 Å². The molecule has 31 heavy (non-hydrogen) atoms. The van der Waals surface area contributed by atoms with Crippen LogP contribution < -0.4 is 10.1 Å². The van der Waals surface area contributed by atoms with Crippen molar-refractivity contribution in [2.45, 2.75) is 26.7 Å². The van der Waals surface area contributed by atoms with Crippen LogP contribution in [0.5, 0.6) is 5.75 Å². The van der Waals surface area contributed by atoms with Gasteiger partial charge in [-0.3, -0.25) is 0 Å². The first-order valence-electron chi connectivity index (χ1n) is 10.3. The zero-order valence-corrected chi connectivity index (χ0v) is 18.1. The van der Waals surface area contributed by atoms with Crippen LogP contribution in [0.25, 0.3) is 0 Å². The summed E-state index contributed by atoms with van der Waals surface area (Å²) >= 11 is 0. The molecular formula is C26H26N4O. The maximum absolute atomic E-state index is 5.26. The Morgan fingerprint density at radius 1 is 0.710 bits per heavy atom. The SMILES string of the molecule is COc1ccc(Cc2nc(Cc3cccc(C)c3)nc(Nc3cccc(C)c3)n2)cc1. The third-order valence-corrected chi connectivity index (χ3v) is 4.97. The van der Waals surface area contributed by atoms with Gasteiger partial charge < -0.3 is 10.1 Å². The molecule has 5 nitrogen and oxygen atoms in total. The van der Waals surface area contributed by atoms with Crippen LogP contribution in [-0.4, -0.2) is 22.1 Å². The van der Waals surface area contributed by atoms with Crippen molar-refractivity contribution < 1.29 is 4.74 Å². The van der Waals surface area contributed by atoms with E-state index in [2.05, 4.69) is 55.6 Å². The number of rotatable bonds is 7. The smallest absolute Gasteiger partial charge is 0.230 e. The Labute approximate surface area is 183 Å². The Hall–Kier alpha value is -3.73. The fourth-order valence-corrected chi connectivity index (χ4v) is 3.47. The van der Waals surface area contributed by atoms with Crippen LogP contribution in [0.15, 0.2) is 72.8 Å². The number of methoxy groups -OCH3 is 1. The molecule has 0 fully saturated rings. The van der Waals surface area contributed by atoms with Gasteiger partial charge in [-0.1, -0.05) is 54.1 Å². The average Bonchev–Trinajstić information content (AvgIpc) is 2.74. The van der Waals surface area contributed by atoms with Gasteiger partial charge >= 0.3 is 0 Å². The van der Waals surface area contributed by atoms with E-state index in [1.165, 1.54) is 16.7 Å². The Kier molecular flexibility index (Phi) is 6.22. The van der Waals surface area contributed by atoms with E-state index in [1.807, 2.05) is 36.4 Å². The third-order valence-electron chi connectivity index (χ3n) is 4.97. The van der Waals surface area contributed by atoms with Crippen LogP contribution in [-0.2, 0) is 12.8 Å². The maximum Gasteiger partial charge on any atom is 0.230 e. The Bertz CT molecular complexity index is 1110. The van der Waals surface area contributed by atoms with Gasteiger partial charge in [0.15, 0.2) is 0 Å². The summed E-state index contributed by atoms with van der Waals surface area (Å²) < 4.78 is 5.26. The lowest BCUT2D eigenvalue weighted by molar-refractivity contribution is 0.414. The quantitative estimate of drug-likeness (QED) is 0.441. The second-order valence-electron chi connectivity index (χ2n) is 7.68. The van der Waals surface area contributed by atoms with Gasteiger partial charge in [0, 0.05) is 18.5 Å². The summed E-state index contributed by atoms with van der Waals surface area (Å²) in [5.74, 6) is 2.88. The highest BCUT2D eigenvalue weighted by Crippen LogP contribution is 2.18. The maximum atomic E-state index is 5.26. The van der Waals surface area contributed by atoms with Crippen molar-refractivity contribution in [1.82, 2.24) is 15.0 Å². The highest BCUT2D eigenvalue weighted by Gasteiger charge is 2.10. The van der Waals surface area contributed by atoms with Crippen molar-refractivity contribution in [1.29, 1.82) is 0 Å². The first-order chi connectivity index (χ1) is 15.1. The van der Waals surface area contributed by atoms with Crippen LogP contribution in [0, 0.1) is 13.8 Å². The lowest BCUT2D eigenvalue weighted by Crippen LogP contribution is -2.09. The largest absolute Gasteiger partial charge is 0.497 e. The highest BCUT2D eigenvalue weighted by molar-refractivity contribution is 5.54. The van der Waals surface area contributed by atoms with Crippen molar-refractivity contribution in [3.05, 3.63) is 107 Å². The summed E-state index contributed by atoms with van der Waals surface area (Å²) in [6, 6.07) is 24.6. The van der Waals surface area contributed by atoms with Crippen molar-refractivity contribution in [3.63, 3.8) is 0 Å². The lowest BCUT2D eigenvalue weighted by Gasteiger charge is -2.10. The van der Waals surface area contributed by atoms with Crippen LogP contribution >= 0.6 is 0 Å². The molecule has 0 amide bonds. The number of hydrogen-bond acceptors (Lipinski definition) is 5. The van der Waals surface area contributed by atoms with E-state index in [0.29, 0.717) is 18.8 Å². The summed E-state index contributed by atoms with van der Waals surface area (Å²) in [4.78, 5) is 14.2. The number of nitrogens with zero attached hydrogens (tertiary/aromatic N) is 3. The molecule has 0 saturated heterocycles. The molecular weight excluding hydrogens is 384 g/mol. The number of hydrogen-bond donors (Lipinski definition) is 1. The molecule has 0 aliphatic carbocycles. The first-order valence-corrected chi connectivity index (χ1v) is 10.3. The van der Waals surface area contributed by atoms with Crippen LogP contribution in [0.1, 0.15) is 33.9 Å². The van der Waals surface area contributed by atoms with Crippen LogP contribution in [0.4, 0.5) is 11.6 Å². The van der Waals surface area contributed by atoms with E-state index in [0.717, 1.165) is 28.6 Å². The molecule has 4 rings (SSSR count). The number of nitrogens with one attached hydrogen (secondary N) is 1. The van der Waals surface area contributed by atoms with E-state index < -0.39 is 0 Å². The van der Waals surface area contributed by atoms with Crippen molar-refractivity contribution in [3.8, 4) is 5.75 Å². The molecule has 0 spiro atoms. The topological polar surface area (TPSA) is 59.9 Å².